The molecule has 0 aliphatic heterocycles. The predicted octanol–water partition coefficient (Wildman–Crippen LogP) is 2.32. The first-order valence-electron chi connectivity index (χ1n) is 6.86. The largest absolute Gasteiger partial charge is 0.443 e. The molecule has 2 aromatic heterocycles. The summed E-state index contributed by atoms with van der Waals surface area (Å²) in [7, 11) is 0. The Balaban J connectivity index is 1.89. The smallest absolute Gasteiger partial charge is 0.317 e. The van der Waals surface area contributed by atoms with Crippen LogP contribution in [0.2, 0.25) is 0 Å². The van der Waals surface area contributed by atoms with E-state index in [9.17, 15) is 4.79 Å². The van der Waals surface area contributed by atoms with E-state index in [4.69, 9.17) is 9.52 Å². The zero-order valence-corrected chi connectivity index (χ0v) is 12.7. The standard InChI is InChI=1S/C14H19N3O3S/c1-2-5-17(6-7-18)14(19)15-9-11-10-20-13(16-11)12-4-3-8-21-12/h3-4,8,10,18H,2,5-7,9H2,1H3,(H,15,19). The third kappa shape index (κ3) is 4.30. The summed E-state index contributed by atoms with van der Waals surface area (Å²) in [4.78, 5) is 18.9. The van der Waals surface area contributed by atoms with Crippen molar-refractivity contribution in [1.29, 1.82) is 0 Å². The van der Waals surface area contributed by atoms with Crippen molar-refractivity contribution in [2.75, 3.05) is 19.7 Å². The molecule has 0 bridgehead atoms. The van der Waals surface area contributed by atoms with Gasteiger partial charge in [0.25, 0.3) is 0 Å². The quantitative estimate of drug-likeness (QED) is 0.822. The number of carbonyl (C=O) groups excluding carboxylic acids is 1. The normalized spacial score (nSPS) is 10.6. The number of aliphatic hydroxyl groups excluding tert-OH is 1. The van der Waals surface area contributed by atoms with Crippen LogP contribution >= 0.6 is 11.3 Å². The lowest BCUT2D eigenvalue weighted by molar-refractivity contribution is 0.177. The minimum atomic E-state index is -0.202. The fourth-order valence-corrected chi connectivity index (χ4v) is 2.54. The van der Waals surface area contributed by atoms with Crippen LogP contribution in [0.4, 0.5) is 4.79 Å². The van der Waals surface area contributed by atoms with Gasteiger partial charge < -0.3 is 19.7 Å². The van der Waals surface area contributed by atoms with Gasteiger partial charge >= 0.3 is 6.03 Å². The van der Waals surface area contributed by atoms with Crippen LogP contribution in [0.15, 0.2) is 28.2 Å². The van der Waals surface area contributed by atoms with E-state index in [0.717, 1.165) is 11.3 Å². The van der Waals surface area contributed by atoms with Gasteiger partial charge in [-0.1, -0.05) is 13.0 Å². The van der Waals surface area contributed by atoms with Crippen LogP contribution in [-0.2, 0) is 6.54 Å². The van der Waals surface area contributed by atoms with E-state index in [0.29, 0.717) is 31.2 Å². The van der Waals surface area contributed by atoms with E-state index < -0.39 is 0 Å². The SMILES string of the molecule is CCCN(CCO)C(=O)NCc1coc(-c2cccs2)n1. The average molecular weight is 309 g/mol. The Hall–Kier alpha value is -1.86. The molecule has 2 heterocycles. The van der Waals surface area contributed by atoms with Crippen molar-refractivity contribution in [3.05, 3.63) is 29.5 Å². The fourth-order valence-electron chi connectivity index (χ4n) is 1.89. The first-order valence-corrected chi connectivity index (χ1v) is 7.74. The molecule has 0 atom stereocenters. The number of aliphatic hydroxyl groups is 1. The summed E-state index contributed by atoms with van der Waals surface area (Å²) in [5.41, 5.74) is 0.673. The van der Waals surface area contributed by atoms with Gasteiger partial charge in [-0.15, -0.1) is 11.3 Å². The maximum absolute atomic E-state index is 12.0. The molecule has 0 aliphatic carbocycles. The number of urea groups is 1. The van der Waals surface area contributed by atoms with Crippen LogP contribution in [-0.4, -0.2) is 40.7 Å². The Morgan fingerprint density at radius 1 is 1.52 bits per heavy atom. The van der Waals surface area contributed by atoms with E-state index in [1.807, 2.05) is 24.4 Å². The van der Waals surface area contributed by atoms with Crippen molar-refractivity contribution < 1.29 is 14.3 Å². The molecule has 2 aromatic rings. The zero-order valence-electron chi connectivity index (χ0n) is 11.9. The number of rotatable bonds is 7. The first-order chi connectivity index (χ1) is 10.2. The maximum Gasteiger partial charge on any atom is 0.317 e. The Morgan fingerprint density at radius 3 is 3.05 bits per heavy atom. The molecule has 2 amide bonds. The highest BCUT2D eigenvalue weighted by Crippen LogP contribution is 2.23. The molecule has 0 spiro atoms. The number of hydrogen-bond acceptors (Lipinski definition) is 5. The third-order valence-electron chi connectivity index (χ3n) is 2.86. The third-order valence-corrected chi connectivity index (χ3v) is 3.71. The van der Waals surface area contributed by atoms with Crippen molar-refractivity contribution in [2.45, 2.75) is 19.9 Å². The number of nitrogens with zero attached hydrogens (tertiary/aromatic N) is 2. The first kappa shape index (κ1) is 15.5. The van der Waals surface area contributed by atoms with Gasteiger partial charge in [0.05, 0.1) is 23.7 Å². The second-order valence-corrected chi connectivity index (χ2v) is 5.44. The molecule has 7 heteroatoms. The lowest BCUT2D eigenvalue weighted by atomic mass is 10.4. The molecule has 0 aromatic carbocycles. The summed E-state index contributed by atoms with van der Waals surface area (Å²) in [6.45, 7) is 3.20. The van der Waals surface area contributed by atoms with Gasteiger partial charge in [0, 0.05) is 13.1 Å². The molecule has 0 saturated carbocycles. The molecule has 0 unspecified atom stereocenters. The van der Waals surface area contributed by atoms with Crippen molar-refractivity contribution in [3.8, 4) is 10.8 Å². The Kier molecular flexibility index (Phi) is 5.77. The summed E-state index contributed by atoms with van der Waals surface area (Å²) >= 11 is 1.55. The van der Waals surface area contributed by atoms with Crippen molar-refractivity contribution in [2.24, 2.45) is 0 Å². The topological polar surface area (TPSA) is 78.6 Å². The lowest BCUT2D eigenvalue weighted by Gasteiger charge is -2.21. The number of hydrogen-bond donors (Lipinski definition) is 2. The van der Waals surface area contributed by atoms with Gasteiger partial charge in [-0.25, -0.2) is 9.78 Å². The fraction of sp³-hybridized carbons (Fsp3) is 0.429. The molecule has 0 aliphatic rings. The van der Waals surface area contributed by atoms with E-state index >= 15 is 0 Å². The highest BCUT2D eigenvalue weighted by atomic mass is 32.1. The molecular weight excluding hydrogens is 290 g/mol. The summed E-state index contributed by atoms with van der Waals surface area (Å²) in [6, 6.07) is 3.67. The van der Waals surface area contributed by atoms with Crippen LogP contribution in [0.25, 0.3) is 10.8 Å². The summed E-state index contributed by atoms with van der Waals surface area (Å²) in [5, 5.41) is 13.7. The lowest BCUT2D eigenvalue weighted by Crippen LogP contribution is -2.41. The Labute approximate surface area is 127 Å². The van der Waals surface area contributed by atoms with Crippen molar-refractivity contribution in [3.63, 3.8) is 0 Å². The summed E-state index contributed by atoms with van der Waals surface area (Å²) in [5.74, 6) is 0.565. The zero-order chi connectivity index (χ0) is 15.1. The minimum Gasteiger partial charge on any atom is -0.443 e. The average Bonchev–Trinajstić information content (AvgIpc) is 3.15. The van der Waals surface area contributed by atoms with Gasteiger partial charge in [-0.3, -0.25) is 0 Å². The molecule has 2 N–H and O–H groups in total. The second-order valence-electron chi connectivity index (χ2n) is 4.49. The molecule has 21 heavy (non-hydrogen) atoms. The number of oxazole rings is 1. The van der Waals surface area contributed by atoms with E-state index in [1.54, 1.807) is 22.5 Å². The number of nitrogens with one attached hydrogen (secondary N) is 1. The van der Waals surface area contributed by atoms with Gasteiger partial charge in [-0.05, 0) is 17.9 Å². The van der Waals surface area contributed by atoms with Crippen LogP contribution < -0.4 is 5.32 Å². The summed E-state index contributed by atoms with van der Waals surface area (Å²) in [6.07, 6.45) is 2.39. The van der Waals surface area contributed by atoms with Gasteiger partial charge in [0.2, 0.25) is 5.89 Å². The highest BCUT2D eigenvalue weighted by Gasteiger charge is 2.13. The maximum atomic E-state index is 12.0. The van der Waals surface area contributed by atoms with E-state index in [-0.39, 0.29) is 12.6 Å². The number of carbonyl (C=O) groups is 1. The Morgan fingerprint density at radius 2 is 2.38 bits per heavy atom. The predicted molar refractivity (Wildman–Crippen MR) is 81.0 cm³/mol. The summed E-state index contributed by atoms with van der Waals surface area (Å²) < 4.78 is 5.39. The number of amides is 2. The van der Waals surface area contributed by atoms with E-state index in [1.165, 1.54) is 0 Å². The molecule has 114 valence electrons. The molecule has 0 fully saturated rings. The van der Waals surface area contributed by atoms with Crippen LogP contribution in [0.3, 0.4) is 0 Å². The van der Waals surface area contributed by atoms with E-state index in [2.05, 4.69) is 10.3 Å². The molecule has 0 saturated heterocycles. The number of thiophene rings is 1. The number of aromatic nitrogens is 1. The van der Waals surface area contributed by atoms with Crippen LogP contribution in [0.5, 0.6) is 0 Å². The van der Waals surface area contributed by atoms with Gasteiger partial charge in [0.15, 0.2) is 0 Å². The Bertz CT molecular complexity index is 548. The monoisotopic (exact) mass is 309 g/mol. The van der Waals surface area contributed by atoms with Crippen molar-refractivity contribution in [1.82, 2.24) is 15.2 Å². The second kappa shape index (κ2) is 7.80. The van der Waals surface area contributed by atoms with Crippen molar-refractivity contribution >= 4 is 17.4 Å². The molecular formula is C14H19N3O3S. The van der Waals surface area contributed by atoms with Crippen LogP contribution in [0, 0.1) is 0 Å². The highest BCUT2D eigenvalue weighted by molar-refractivity contribution is 7.13. The molecule has 6 nitrogen and oxygen atoms in total. The molecule has 2 rings (SSSR count). The van der Waals surface area contributed by atoms with Crippen LogP contribution in [0.1, 0.15) is 19.0 Å². The van der Waals surface area contributed by atoms with Gasteiger partial charge in [-0.2, -0.15) is 0 Å². The minimum absolute atomic E-state index is 0.0418. The molecule has 0 radical (unpaired) electrons. The van der Waals surface area contributed by atoms with Gasteiger partial charge in [0.1, 0.15) is 6.26 Å².